The smallest absolute Gasteiger partial charge is 0.508 e. The third-order valence-corrected chi connectivity index (χ3v) is 9.34. The van der Waals surface area contributed by atoms with Gasteiger partial charge in [0.05, 0.1) is 38.5 Å². The summed E-state index contributed by atoms with van der Waals surface area (Å²) in [6.45, 7) is 1.84. The zero-order valence-corrected chi connectivity index (χ0v) is 28.9. The first-order valence-corrected chi connectivity index (χ1v) is 16.8. The Kier molecular flexibility index (Phi) is 9.11. The van der Waals surface area contributed by atoms with Crippen molar-refractivity contribution in [3.05, 3.63) is 130 Å². The SMILES string of the molecule is Cc1ccc(NC(=O)C2(c3ccc4c(c3)OC(F)(F)O4)CC2)nc1-c1cccc(C(=O)O)c1.O=C(O)c1ccc(-c2ccc3cc(O)ccc3n2)c(Cl)c1. The van der Waals surface area contributed by atoms with Gasteiger partial charge in [-0.3, -0.25) is 4.79 Å². The highest BCUT2D eigenvalue weighted by molar-refractivity contribution is 6.33. The number of alkyl halides is 2. The normalized spacial score (nSPS) is 14.4. The number of carbonyl (C=O) groups excluding carboxylic acids is 1. The van der Waals surface area contributed by atoms with Gasteiger partial charge in [0.25, 0.3) is 0 Å². The molecular formula is C40H28ClF2N3O8. The number of carboxylic acid groups (broad SMARTS) is 2. The number of halogens is 3. The number of hydrogen-bond acceptors (Lipinski definition) is 8. The van der Waals surface area contributed by atoms with E-state index in [0.29, 0.717) is 51.8 Å². The van der Waals surface area contributed by atoms with Crippen LogP contribution in [0.25, 0.3) is 33.4 Å². The largest absolute Gasteiger partial charge is 0.586 e. The highest BCUT2D eigenvalue weighted by atomic mass is 35.5. The first-order valence-electron chi connectivity index (χ1n) is 16.4. The fraction of sp³-hybridized carbons (Fsp3) is 0.125. The fourth-order valence-electron chi connectivity index (χ4n) is 6.06. The van der Waals surface area contributed by atoms with Crippen molar-refractivity contribution in [2.24, 2.45) is 0 Å². The molecule has 0 spiro atoms. The number of benzene rings is 4. The summed E-state index contributed by atoms with van der Waals surface area (Å²) in [5, 5.41) is 31.6. The number of phenols is 1. The molecule has 2 aliphatic rings. The van der Waals surface area contributed by atoms with E-state index in [1.54, 1.807) is 60.7 Å². The van der Waals surface area contributed by atoms with E-state index in [1.807, 2.05) is 13.0 Å². The number of nitrogens with one attached hydrogen (secondary N) is 1. The number of aromatic nitrogens is 2. The van der Waals surface area contributed by atoms with Crippen LogP contribution in [0.1, 0.15) is 44.7 Å². The van der Waals surface area contributed by atoms with Crippen LogP contribution in [0.4, 0.5) is 14.6 Å². The molecule has 3 heterocycles. The Morgan fingerprint density at radius 1 is 0.796 bits per heavy atom. The molecule has 1 amide bonds. The Labute approximate surface area is 310 Å². The highest BCUT2D eigenvalue weighted by Gasteiger charge is 2.53. The lowest BCUT2D eigenvalue weighted by Crippen LogP contribution is -2.28. The van der Waals surface area contributed by atoms with Crippen molar-refractivity contribution in [2.45, 2.75) is 31.5 Å². The van der Waals surface area contributed by atoms with Gasteiger partial charge in [-0.05, 0) is 97.6 Å². The number of ether oxygens (including phenoxy) is 2. The molecule has 0 unspecified atom stereocenters. The second-order valence-electron chi connectivity index (χ2n) is 12.7. The molecule has 2 aromatic heterocycles. The second kappa shape index (κ2) is 13.7. The summed E-state index contributed by atoms with van der Waals surface area (Å²) in [5.41, 5.74) is 3.97. The van der Waals surface area contributed by atoms with Gasteiger partial charge in [0, 0.05) is 16.5 Å². The van der Waals surface area contributed by atoms with Crippen molar-refractivity contribution in [2.75, 3.05) is 5.32 Å². The van der Waals surface area contributed by atoms with Crippen molar-refractivity contribution < 1.29 is 48.0 Å². The number of aromatic hydroxyl groups is 1. The molecule has 1 fully saturated rings. The standard InChI is InChI=1S/C24H18F2N2O5.C16H10ClNO3/c1-13-5-8-19(27-20(13)14-3-2-4-15(11-14)21(29)30)28-22(31)23(9-10-23)16-6-7-17-18(12-16)33-24(25,26)32-17;17-13-8-10(16(20)21)1-4-12(13)15-5-2-9-7-11(19)3-6-14(9)18-15/h2-8,11-12H,9-10H2,1H3,(H,29,30)(H,27,28,31);1-8,19H,(H,20,21). The number of aryl methyl sites for hydroxylation is 1. The number of fused-ring (bicyclic) bond motifs is 2. The third kappa shape index (κ3) is 7.21. The first-order chi connectivity index (χ1) is 25.7. The van der Waals surface area contributed by atoms with Crippen LogP contribution in [0.3, 0.4) is 0 Å². The summed E-state index contributed by atoms with van der Waals surface area (Å²) >= 11 is 6.14. The molecule has 14 heteroatoms. The zero-order chi connectivity index (χ0) is 38.4. The van der Waals surface area contributed by atoms with E-state index in [0.717, 1.165) is 16.5 Å². The zero-order valence-electron chi connectivity index (χ0n) is 28.1. The van der Waals surface area contributed by atoms with Crippen LogP contribution >= 0.6 is 11.6 Å². The summed E-state index contributed by atoms with van der Waals surface area (Å²) in [5.74, 6) is -2.07. The Hall–Kier alpha value is -6.60. The number of carboxylic acids is 2. The topological polar surface area (TPSA) is 168 Å². The van der Waals surface area contributed by atoms with Gasteiger partial charge in [-0.25, -0.2) is 19.6 Å². The number of anilines is 1. The van der Waals surface area contributed by atoms with E-state index in [9.17, 15) is 33.4 Å². The molecule has 0 atom stereocenters. The van der Waals surface area contributed by atoms with Crippen molar-refractivity contribution in [3.63, 3.8) is 0 Å². The minimum Gasteiger partial charge on any atom is -0.508 e. The van der Waals surface area contributed by atoms with Gasteiger partial charge in [-0.2, -0.15) is 0 Å². The molecule has 0 saturated heterocycles. The number of aromatic carboxylic acids is 2. The summed E-state index contributed by atoms with van der Waals surface area (Å²) in [4.78, 5) is 44.4. The van der Waals surface area contributed by atoms with Crippen LogP contribution < -0.4 is 14.8 Å². The summed E-state index contributed by atoms with van der Waals surface area (Å²) in [7, 11) is 0. The maximum absolute atomic E-state index is 13.3. The highest BCUT2D eigenvalue weighted by Crippen LogP contribution is 2.52. The average molecular weight is 752 g/mol. The van der Waals surface area contributed by atoms with Gasteiger partial charge < -0.3 is 30.1 Å². The van der Waals surface area contributed by atoms with Crippen LogP contribution in [-0.4, -0.2) is 49.4 Å². The molecule has 0 bridgehead atoms. The Bertz CT molecular complexity index is 2510. The van der Waals surface area contributed by atoms with Crippen molar-refractivity contribution in [1.82, 2.24) is 9.97 Å². The van der Waals surface area contributed by atoms with Crippen LogP contribution in [0, 0.1) is 6.92 Å². The van der Waals surface area contributed by atoms with Crippen molar-refractivity contribution >= 4 is 46.2 Å². The maximum Gasteiger partial charge on any atom is 0.586 e. The van der Waals surface area contributed by atoms with Crippen molar-refractivity contribution in [3.8, 4) is 39.8 Å². The molecule has 1 saturated carbocycles. The molecule has 6 aromatic rings. The Balaban J connectivity index is 0.000000184. The molecule has 272 valence electrons. The van der Waals surface area contributed by atoms with Gasteiger partial charge in [-0.15, -0.1) is 8.78 Å². The molecule has 4 N–H and O–H groups in total. The lowest BCUT2D eigenvalue weighted by atomic mass is 9.94. The van der Waals surface area contributed by atoms with Crippen molar-refractivity contribution in [1.29, 1.82) is 0 Å². The predicted molar refractivity (Wildman–Crippen MR) is 194 cm³/mol. The molecule has 8 rings (SSSR count). The van der Waals surface area contributed by atoms with E-state index < -0.39 is 23.6 Å². The number of nitrogens with zero attached hydrogens (tertiary/aromatic N) is 2. The molecule has 54 heavy (non-hydrogen) atoms. The van der Waals surface area contributed by atoms with E-state index in [2.05, 4.69) is 24.8 Å². The molecule has 11 nitrogen and oxygen atoms in total. The number of pyridine rings is 2. The number of carbonyl (C=O) groups is 3. The summed E-state index contributed by atoms with van der Waals surface area (Å²) in [6, 6.07) is 27.3. The second-order valence-corrected chi connectivity index (χ2v) is 13.1. The molecular weight excluding hydrogens is 724 g/mol. The van der Waals surface area contributed by atoms with E-state index >= 15 is 0 Å². The predicted octanol–water partition coefficient (Wildman–Crippen LogP) is 8.71. The number of amides is 1. The lowest BCUT2D eigenvalue weighted by Gasteiger charge is -2.17. The monoisotopic (exact) mass is 751 g/mol. The van der Waals surface area contributed by atoms with Crippen LogP contribution in [0.2, 0.25) is 5.02 Å². The fourth-order valence-corrected chi connectivity index (χ4v) is 6.34. The van der Waals surface area contributed by atoms with E-state index in [-0.39, 0.29) is 34.3 Å². The minimum atomic E-state index is -3.72. The Morgan fingerprint density at radius 2 is 1.54 bits per heavy atom. The van der Waals surface area contributed by atoms with Gasteiger partial charge in [0.2, 0.25) is 5.91 Å². The van der Waals surface area contributed by atoms with Gasteiger partial charge in [0.1, 0.15) is 11.6 Å². The van der Waals surface area contributed by atoms with Gasteiger partial charge >= 0.3 is 18.2 Å². The third-order valence-electron chi connectivity index (χ3n) is 9.02. The molecule has 0 radical (unpaired) electrons. The molecule has 1 aliphatic carbocycles. The molecule has 1 aliphatic heterocycles. The number of rotatable bonds is 7. The molecule has 4 aromatic carbocycles. The summed E-state index contributed by atoms with van der Waals surface area (Å²) < 4.78 is 35.6. The van der Waals surface area contributed by atoms with E-state index in [4.69, 9.17) is 16.7 Å². The lowest BCUT2D eigenvalue weighted by molar-refractivity contribution is -0.286. The van der Waals surface area contributed by atoms with Gasteiger partial charge in [-0.1, -0.05) is 48.0 Å². The quantitative estimate of drug-likeness (QED) is 0.124. The number of hydrogen-bond donors (Lipinski definition) is 4. The average Bonchev–Trinajstić information content (AvgIpc) is 3.89. The van der Waals surface area contributed by atoms with E-state index in [1.165, 1.54) is 36.4 Å². The maximum atomic E-state index is 13.3. The first kappa shape index (κ1) is 35.8. The minimum absolute atomic E-state index is 0.0756. The van der Waals surface area contributed by atoms with Crippen LogP contribution in [0.15, 0.2) is 103 Å². The van der Waals surface area contributed by atoms with Gasteiger partial charge in [0.15, 0.2) is 11.5 Å². The van der Waals surface area contributed by atoms with Crippen LogP contribution in [0.5, 0.6) is 17.2 Å². The Morgan fingerprint density at radius 3 is 2.26 bits per heavy atom. The number of phenolic OH excluding ortho intramolecular Hbond substituents is 1. The van der Waals surface area contributed by atoms with Crippen LogP contribution in [-0.2, 0) is 10.2 Å². The summed E-state index contributed by atoms with van der Waals surface area (Å²) in [6.07, 6.45) is -2.62.